The fraction of sp³-hybridized carbons (Fsp3) is 0.683. The van der Waals surface area contributed by atoms with E-state index in [-0.39, 0.29) is 42.9 Å². The van der Waals surface area contributed by atoms with Crippen LogP contribution in [0.25, 0.3) is 0 Å². The Morgan fingerprint density at radius 3 is 2.33 bits per heavy atom. The summed E-state index contributed by atoms with van der Waals surface area (Å²) in [6, 6.07) is 7.74. The van der Waals surface area contributed by atoms with E-state index in [2.05, 4.69) is 20.9 Å². The molecule has 2 heterocycles. The maximum absolute atomic E-state index is 14.4. The third-order valence-electron chi connectivity index (χ3n) is 11.1. The highest BCUT2D eigenvalue weighted by molar-refractivity contribution is 7.07. The molecule has 1 saturated heterocycles. The summed E-state index contributed by atoms with van der Waals surface area (Å²) in [6.07, 6.45) is 5.83. The third-order valence-corrected chi connectivity index (χ3v) is 11.7. The molecule has 2 aromatic rings. The topological polar surface area (TPSA) is 170 Å². The van der Waals surface area contributed by atoms with Crippen molar-refractivity contribution in [1.29, 1.82) is 0 Å². The van der Waals surface area contributed by atoms with E-state index in [0.29, 0.717) is 51.4 Å². The summed E-state index contributed by atoms with van der Waals surface area (Å²) in [4.78, 5) is 61.5. The van der Waals surface area contributed by atoms with Gasteiger partial charge < -0.3 is 35.8 Å². The number of carbonyl (C=O) groups excluding carboxylic acids is 4. The van der Waals surface area contributed by atoms with Crippen LogP contribution in [-0.2, 0) is 36.8 Å². The third kappa shape index (κ3) is 14.0. The van der Waals surface area contributed by atoms with Gasteiger partial charge >= 0.3 is 0 Å². The Morgan fingerprint density at radius 2 is 1.70 bits per heavy atom. The lowest BCUT2D eigenvalue weighted by atomic mass is 9.80. The van der Waals surface area contributed by atoms with Crippen molar-refractivity contribution in [3.05, 3.63) is 52.5 Å². The molecule has 0 bridgehead atoms. The van der Waals surface area contributed by atoms with E-state index in [1.165, 1.54) is 11.3 Å². The Balaban J connectivity index is 1.56. The molecule has 5 N–H and O–H groups in total. The average molecular weight is 770 g/mol. The molecule has 6 atom stereocenters. The van der Waals surface area contributed by atoms with E-state index < -0.39 is 47.4 Å². The first-order valence-electron chi connectivity index (χ1n) is 19.9. The maximum atomic E-state index is 14.4. The van der Waals surface area contributed by atoms with Gasteiger partial charge in [0.2, 0.25) is 23.6 Å². The standard InChI is InChI=1S/C41H63N5O7S/c1-5-28(2)25-42-39(50)33(41(3,4)52)24-36(47)34(21-30-14-10-7-11-15-30)44-40(51)35(23-32-26-54-27-43-32)45-38(49)31(20-29-12-8-6-9-13-29)22-37(48)46-16-18-53-19-17-46/h6,8-9,12-13,26-28,30-31,33-36,47,52H,5,7,10-11,14-25H2,1-4H3,(H,42,50)(H,44,51)(H,45,49)/t28?,31?,33?,34?,35-,36?/m0/s1. The van der Waals surface area contributed by atoms with Gasteiger partial charge in [0, 0.05) is 37.9 Å². The molecule has 300 valence electrons. The van der Waals surface area contributed by atoms with Gasteiger partial charge in [0.25, 0.3) is 0 Å². The van der Waals surface area contributed by atoms with Crippen LogP contribution < -0.4 is 16.0 Å². The fourth-order valence-corrected chi connectivity index (χ4v) is 7.97. The smallest absolute Gasteiger partial charge is 0.243 e. The van der Waals surface area contributed by atoms with Crippen LogP contribution in [-0.4, -0.2) is 100 Å². The van der Waals surface area contributed by atoms with Gasteiger partial charge in [-0.15, -0.1) is 11.3 Å². The van der Waals surface area contributed by atoms with Crippen molar-refractivity contribution in [3.8, 4) is 0 Å². The molecule has 54 heavy (non-hydrogen) atoms. The van der Waals surface area contributed by atoms with Crippen molar-refractivity contribution in [2.75, 3.05) is 32.8 Å². The molecule has 0 radical (unpaired) electrons. The van der Waals surface area contributed by atoms with Crippen molar-refractivity contribution >= 4 is 35.0 Å². The first-order chi connectivity index (χ1) is 25.8. The van der Waals surface area contributed by atoms with Gasteiger partial charge in [-0.3, -0.25) is 19.2 Å². The summed E-state index contributed by atoms with van der Waals surface area (Å²) in [6.45, 7) is 9.50. The number of nitrogens with one attached hydrogen (secondary N) is 3. The number of morpholine rings is 1. The van der Waals surface area contributed by atoms with Gasteiger partial charge in [-0.1, -0.05) is 82.7 Å². The Hall–Kier alpha value is -3.39. The molecule has 1 aromatic carbocycles. The summed E-state index contributed by atoms with van der Waals surface area (Å²) >= 11 is 1.39. The van der Waals surface area contributed by atoms with E-state index in [1.807, 2.05) is 49.6 Å². The minimum atomic E-state index is -1.42. The lowest BCUT2D eigenvalue weighted by Gasteiger charge is -2.35. The minimum Gasteiger partial charge on any atom is -0.391 e. The van der Waals surface area contributed by atoms with Crippen LogP contribution >= 0.6 is 11.3 Å². The number of benzene rings is 1. The summed E-state index contributed by atoms with van der Waals surface area (Å²) in [5, 5.41) is 33.8. The highest BCUT2D eigenvalue weighted by Gasteiger charge is 2.39. The number of rotatable bonds is 20. The first kappa shape index (κ1) is 43.3. The van der Waals surface area contributed by atoms with Crippen molar-refractivity contribution in [1.82, 2.24) is 25.8 Å². The number of nitrogens with zero attached hydrogens (tertiary/aromatic N) is 2. The Kier molecular flexibility index (Phi) is 17.4. The van der Waals surface area contributed by atoms with Gasteiger partial charge in [0.05, 0.1) is 54.0 Å². The van der Waals surface area contributed by atoms with Crippen molar-refractivity contribution < 1.29 is 34.1 Å². The van der Waals surface area contributed by atoms with Crippen molar-refractivity contribution in [3.63, 3.8) is 0 Å². The second-order valence-corrected chi connectivity index (χ2v) is 16.7. The molecule has 5 unspecified atom stereocenters. The maximum Gasteiger partial charge on any atom is 0.243 e. The highest BCUT2D eigenvalue weighted by Crippen LogP contribution is 2.30. The van der Waals surface area contributed by atoms with Gasteiger partial charge in [-0.05, 0) is 50.5 Å². The van der Waals surface area contributed by atoms with E-state index in [1.54, 1.807) is 24.3 Å². The molecular weight excluding hydrogens is 707 g/mol. The van der Waals surface area contributed by atoms with E-state index in [4.69, 9.17) is 4.74 Å². The number of thiazole rings is 1. The van der Waals surface area contributed by atoms with Gasteiger partial charge in [0.15, 0.2) is 0 Å². The second kappa shape index (κ2) is 21.6. The van der Waals surface area contributed by atoms with Crippen LogP contribution in [0.15, 0.2) is 41.2 Å². The van der Waals surface area contributed by atoms with Crippen LogP contribution in [0.2, 0.25) is 0 Å². The number of hydrogen-bond donors (Lipinski definition) is 5. The molecule has 1 aromatic heterocycles. The van der Waals surface area contributed by atoms with E-state index in [0.717, 1.165) is 44.1 Å². The van der Waals surface area contributed by atoms with E-state index >= 15 is 0 Å². The van der Waals surface area contributed by atoms with Crippen molar-refractivity contribution in [2.24, 2.45) is 23.7 Å². The van der Waals surface area contributed by atoms with Crippen LogP contribution in [0.4, 0.5) is 0 Å². The van der Waals surface area contributed by atoms with Gasteiger partial charge in [-0.25, -0.2) is 4.98 Å². The monoisotopic (exact) mass is 769 g/mol. The summed E-state index contributed by atoms with van der Waals surface area (Å²) < 4.78 is 5.42. The van der Waals surface area contributed by atoms with Gasteiger partial charge in [-0.2, -0.15) is 0 Å². The molecule has 13 heteroatoms. The fourth-order valence-electron chi connectivity index (χ4n) is 7.40. The van der Waals surface area contributed by atoms with Crippen LogP contribution in [0.3, 0.4) is 0 Å². The Labute approximate surface area is 325 Å². The quantitative estimate of drug-likeness (QED) is 0.135. The molecular formula is C41H63N5O7S. The molecule has 1 aliphatic carbocycles. The highest BCUT2D eigenvalue weighted by atomic mass is 32.1. The van der Waals surface area contributed by atoms with Crippen molar-refractivity contribution in [2.45, 2.75) is 122 Å². The zero-order chi connectivity index (χ0) is 39.1. The molecule has 2 aliphatic rings. The number of aliphatic hydroxyl groups excluding tert-OH is 1. The number of carbonyl (C=O) groups is 4. The van der Waals surface area contributed by atoms with Crippen LogP contribution in [0.1, 0.15) is 96.7 Å². The SMILES string of the molecule is CCC(C)CNC(=O)C(CC(O)C(CC1CCCCC1)NC(=O)[C@H](Cc1cscn1)NC(=O)C(CC(=O)N1CCOCC1)Cc1ccccc1)C(C)(C)O. The zero-order valence-electron chi connectivity index (χ0n) is 32.6. The number of hydrogen-bond acceptors (Lipinski definition) is 9. The molecule has 2 fully saturated rings. The number of ether oxygens (including phenoxy) is 1. The summed E-state index contributed by atoms with van der Waals surface area (Å²) in [5.41, 5.74) is 1.78. The Morgan fingerprint density at radius 1 is 1.00 bits per heavy atom. The lowest BCUT2D eigenvalue weighted by molar-refractivity contribution is -0.140. The predicted molar refractivity (Wildman–Crippen MR) is 209 cm³/mol. The van der Waals surface area contributed by atoms with Gasteiger partial charge in [0.1, 0.15) is 6.04 Å². The molecule has 1 aliphatic heterocycles. The average Bonchev–Trinajstić information content (AvgIpc) is 3.68. The lowest BCUT2D eigenvalue weighted by Crippen LogP contribution is -2.56. The number of amides is 4. The van der Waals surface area contributed by atoms with Crippen LogP contribution in [0.5, 0.6) is 0 Å². The first-order valence-corrected chi connectivity index (χ1v) is 20.8. The second-order valence-electron chi connectivity index (χ2n) is 16.0. The normalized spacial score (nSPS) is 18.8. The summed E-state index contributed by atoms with van der Waals surface area (Å²) in [7, 11) is 0. The Bertz CT molecular complexity index is 1440. The van der Waals surface area contributed by atoms with Crippen LogP contribution in [0, 0.1) is 23.7 Å². The summed E-state index contributed by atoms with van der Waals surface area (Å²) in [5.74, 6) is -2.50. The van der Waals surface area contributed by atoms with E-state index in [9.17, 15) is 29.4 Å². The molecule has 4 amide bonds. The minimum absolute atomic E-state index is 0.0216. The number of aliphatic hydroxyl groups is 2. The molecule has 0 spiro atoms. The zero-order valence-corrected chi connectivity index (χ0v) is 33.5. The molecule has 12 nitrogen and oxygen atoms in total. The molecule has 1 saturated carbocycles. The molecule has 4 rings (SSSR count). The number of aromatic nitrogens is 1. The largest absolute Gasteiger partial charge is 0.391 e. The predicted octanol–water partition coefficient (Wildman–Crippen LogP) is 4.03.